The number of anilines is 1. The third-order valence-corrected chi connectivity index (χ3v) is 3.35. The first-order chi connectivity index (χ1) is 8.68. The van der Waals surface area contributed by atoms with Gasteiger partial charge in [-0.05, 0) is 37.8 Å². The second-order valence-corrected chi connectivity index (χ2v) is 4.83. The van der Waals surface area contributed by atoms with E-state index in [9.17, 15) is 9.59 Å². The van der Waals surface area contributed by atoms with Crippen LogP contribution in [-0.2, 0) is 16.0 Å². The molecule has 0 fully saturated rings. The van der Waals surface area contributed by atoms with Crippen molar-refractivity contribution in [3.63, 3.8) is 0 Å². The van der Waals surface area contributed by atoms with Crippen LogP contribution in [0.4, 0.5) is 5.69 Å². The summed E-state index contributed by atoms with van der Waals surface area (Å²) in [6.07, 6.45) is 3.81. The Labute approximate surface area is 108 Å². The number of fused-ring (bicyclic) bond motifs is 1. The van der Waals surface area contributed by atoms with Crippen molar-refractivity contribution in [2.75, 3.05) is 11.4 Å². The number of unbranched alkanes of at least 4 members (excludes halogenated alkanes) is 1. The fourth-order valence-corrected chi connectivity index (χ4v) is 2.39. The number of aryl methyl sites for hydroxylation is 1. The van der Waals surface area contributed by atoms with E-state index in [2.05, 4.69) is 6.07 Å². The van der Waals surface area contributed by atoms with Gasteiger partial charge >= 0.3 is 0 Å². The lowest BCUT2D eigenvalue weighted by atomic mass is 10.0. The monoisotopic (exact) mass is 245 g/mol. The summed E-state index contributed by atoms with van der Waals surface area (Å²) >= 11 is 0. The molecule has 1 aromatic carbocycles. The van der Waals surface area contributed by atoms with Crippen LogP contribution in [0.15, 0.2) is 24.3 Å². The topological polar surface area (TPSA) is 37.4 Å². The maximum Gasteiger partial charge on any atom is 0.227 e. The van der Waals surface area contributed by atoms with E-state index in [1.165, 1.54) is 5.56 Å². The van der Waals surface area contributed by atoms with Crippen LogP contribution in [-0.4, -0.2) is 18.2 Å². The van der Waals surface area contributed by atoms with Crippen LogP contribution in [0.5, 0.6) is 0 Å². The number of hydrogen-bond donors (Lipinski definition) is 0. The van der Waals surface area contributed by atoms with E-state index in [0.29, 0.717) is 12.8 Å². The number of carbonyl (C=O) groups excluding carboxylic acids is 2. The van der Waals surface area contributed by atoms with Crippen molar-refractivity contribution < 1.29 is 9.59 Å². The smallest absolute Gasteiger partial charge is 0.227 e. The number of nitrogens with zero attached hydrogens (tertiary/aromatic N) is 1. The molecule has 0 unspecified atom stereocenters. The van der Waals surface area contributed by atoms with Crippen LogP contribution in [0.25, 0.3) is 0 Å². The Morgan fingerprint density at radius 1 is 1.22 bits per heavy atom. The summed E-state index contributed by atoms with van der Waals surface area (Å²) < 4.78 is 0. The second kappa shape index (κ2) is 5.80. The normalized spacial score (nSPS) is 14.5. The predicted molar refractivity (Wildman–Crippen MR) is 71.6 cm³/mol. The van der Waals surface area contributed by atoms with Gasteiger partial charge in [0.05, 0.1) is 0 Å². The molecule has 1 aromatic rings. The highest BCUT2D eigenvalue weighted by Crippen LogP contribution is 2.27. The van der Waals surface area contributed by atoms with Gasteiger partial charge in [0.1, 0.15) is 5.78 Å². The van der Waals surface area contributed by atoms with Crippen LogP contribution in [0, 0.1) is 0 Å². The van der Waals surface area contributed by atoms with Gasteiger partial charge in [-0.25, -0.2) is 0 Å². The Bertz CT molecular complexity index is 454. The molecule has 0 aromatic heterocycles. The molecule has 2 rings (SSSR count). The molecular formula is C15H19NO2. The minimum atomic E-state index is 0.205. The molecule has 0 saturated carbocycles. The van der Waals surface area contributed by atoms with Gasteiger partial charge in [-0.1, -0.05) is 18.2 Å². The fraction of sp³-hybridized carbons (Fsp3) is 0.467. The number of Topliss-reactive ketones (excluding diaryl/α,β-unsaturated/α-hetero) is 1. The zero-order chi connectivity index (χ0) is 13.0. The summed E-state index contributed by atoms with van der Waals surface area (Å²) in [5, 5.41) is 0. The molecule has 1 amide bonds. The Balaban J connectivity index is 1.99. The molecule has 1 aliphatic rings. The molecule has 1 aliphatic heterocycles. The van der Waals surface area contributed by atoms with Crippen LogP contribution >= 0.6 is 0 Å². The van der Waals surface area contributed by atoms with E-state index in [1.54, 1.807) is 6.92 Å². The van der Waals surface area contributed by atoms with Gasteiger partial charge in [0.15, 0.2) is 0 Å². The average molecular weight is 245 g/mol. The van der Waals surface area contributed by atoms with Crippen LogP contribution < -0.4 is 4.90 Å². The Morgan fingerprint density at radius 3 is 2.78 bits per heavy atom. The molecule has 3 nitrogen and oxygen atoms in total. The third kappa shape index (κ3) is 2.97. The van der Waals surface area contributed by atoms with Crippen molar-refractivity contribution in [1.29, 1.82) is 0 Å². The molecular weight excluding hydrogens is 226 g/mol. The third-order valence-electron chi connectivity index (χ3n) is 3.35. The maximum absolute atomic E-state index is 11.9. The SMILES string of the molecule is CC(=O)CCCCN1C(=O)CCc2ccccc21. The van der Waals surface area contributed by atoms with E-state index in [1.807, 2.05) is 23.1 Å². The van der Waals surface area contributed by atoms with Gasteiger partial charge in [0.25, 0.3) is 0 Å². The highest BCUT2D eigenvalue weighted by molar-refractivity contribution is 5.96. The second-order valence-electron chi connectivity index (χ2n) is 4.83. The zero-order valence-corrected chi connectivity index (χ0v) is 10.8. The Hall–Kier alpha value is -1.64. The van der Waals surface area contributed by atoms with E-state index < -0.39 is 0 Å². The first-order valence-electron chi connectivity index (χ1n) is 6.56. The zero-order valence-electron chi connectivity index (χ0n) is 10.8. The number of amides is 1. The Kier molecular flexibility index (Phi) is 4.13. The summed E-state index contributed by atoms with van der Waals surface area (Å²) in [4.78, 5) is 24.7. The first kappa shape index (κ1) is 12.8. The highest BCUT2D eigenvalue weighted by atomic mass is 16.2. The lowest BCUT2D eigenvalue weighted by Crippen LogP contribution is -2.35. The number of para-hydroxylation sites is 1. The van der Waals surface area contributed by atoms with Crippen molar-refractivity contribution in [1.82, 2.24) is 0 Å². The molecule has 3 heteroatoms. The van der Waals surface area contributed by atoms with Crippen LogP contribution in [0.3, 0.4) is 0 Å². The summed E-state index contributed by atoms with van der Waals surface area (Å²) in [5.74, 6) is 0.428. The fourth-order valence-electron chi connectivity index (χ4n) is 2.39. The molecule has 0 aliphatic carbocycles. The Morgan fingerprint density at radius 2 is 2.00 bits per heavy atom. The van der Waals surface area contributed by atoms with E-state index >= 15 is 0 Å². The predicted octanol–water partition coefficient (Wildman–Crippen LogP) is 2.73. The van der Waals surface area contributed by atoms with Crippen molar-refractivity contribution in [3.05, 3.63) is 29.8 Å². The maximum atomic E-state index is 11.9. The lowest BCUT2D eigenvalue weighted by molar-refractivity contribution is -0.119. The lowest BCUT2D eigenvalue weighted by Gasteiger charge is -2.29. The molecule has 1 heterocycles. The first-order valence-corrected chi connectivity index (χ1v) is 6.56. The van der Waals surface area contributed by atoms with Gasteiger partial charge in [0, 0.05) is 25.1 Å². The van der Waals surface area contributed by atoms with Gasteiger partial charge < -0.3 is 9.69 Å². The van der Waals surface area contributed by atoms with E-state index in [0.717, 1.165) is 31.5 Å². The summed E-state index contributed by atoms with van der Waals surface area (Å²) in [6, 6.07) is 8.09. The van der Waals surface area contributed by atoms with Crippen molar-refractivity contribution >= 4 is 17.4 Å². The molecule has 0 N–H and O–H groups in total. The quantitative estimate of drug-likeness (QED) is 0.748. The minimum Gasteiger partial charge on any atom is -0.312 e. The molecule has 0 radical (unpaired) electrons. The summed E-state index contributed by atoms with van der Waals surface area (Å²) in [7, 11) is 0. The highest BCUT2D eigenvalue weighted by Gasteiger charge is 2.22. The summed E-state index contributed by atoms with van der Waals surface area (Å²) in [6.45, 7) is 2.34. The number of hydrogen-bond acceptors (Lipinski definition) is 2. The molecule has 18 heavy (non-hydrogen) atoms. The van der Waals surface area contributed by atoms with Gasteiger partial charge in [0.2, 0.25) is 5.91 Å². The van der Waals surface area contributed by atoms with Crippen LogP contribution in [0.1, 0.15) is 38.2 Å². The average Bonchev–Trinajstić information content (AvgIpc) is 2.36. The standard InChI is InChI=1S/C15H19NO2/c1-12(17)6-4-5-11-16-14-8-3-2-7-13(14)9-10-15(16)18/h2-3,7-8H,4-6,9-11H2,1H3. The number of carbonyl (C=O) groups is 2. The van der Waals surface area contributed by atoms with Crippen molar-refractivity contribution in [3.8, 4) is 0 Å². The van der Waals surface area contributed by atoms with E-state index in [-0.39, 0.29) is 11.7 Å². The minimum absolute atomic E-state index is 0.205. The van der Waals surface area contributed by atoms with Crippen LogP contribution in [0.2, 0.25) is 0 Å². The number of benzene rings is 1. The van der Waals surface area contributed by atoms with E-state index in [4.69, 9.17) is 0 Å². The van der Waals surface area contributed by atoms with Gasteiger partial charge in [-0.2, -0.15) is 0 Å². The van der Waals surface area contributed by atoms with Crippen molar-refractivity contribution in [2.24, 2.45) is 0 Å². The number of ketones is 1. The van der Waals surface area contributed by atoms with Crippen molar-refractivity contribution in [2.45, 2.75) is 39.0 Å². The largest absolute Gasteiger partial charge is 0.312 e. The van der Waals surface area contributed by atoms with Gasteiger partial charge in [-0.15, -0.1) is 0 Å². The molecule has 0 bridgehead atoms. The molecule has 0 saturated heterocycles. The molecule has 96 valence electrons. The van der Waals surface area contributed by atoms with Gasteiger partial charge in [-0.3, -0.25) is 4.79 Å². The molecule has 0 atom stereocenters. The number of rotatable bonds is 5. The molecule has 0 spiro atoms. The summed E-state index contributed by atoms with van der Waals surface area (Å²) in [5.41, 5.74) is 2.31.